The summed E-state index contributed by atoms with van der Waals surface area (Å²) in [6.07, 6.45) is 4.20. The molecule has 0 aliphatic carbocycles. The molecule has 0 amide bonds. The predicted molar refractivity (Wildman–Crippen MR) is 78.1 cm³/mol. The maximum atomic E-state index is 5.79. The quantitative estimate of drug-likeness (QED) is 0.732. The van der Waals surface area contributed by atoms with Crippen LogP contribution in [0.4, 0.5) is 0 Å². The van der Waals surface area contributed by atoms with Crippen molar-refractivity contribution in [3.8, 4) is 0 Å². The van der Waals surface area contributed by atoms with Gasteiger partial charge in [-0.25, -0.2) is 0 Å². The SMILES string of the molecule is CCC(C)n1ccc(CNCC(C)(C)CCCl)n1. The average Bonchev–Trinajstić information content (AvgIpc) is 2.76. The summed E-state index contributed by atoms with van der Waals surface area (Å²) < 4.78 is 2.04. The molecule has 3 nitrogen and oxygen atoms in total. The topological polar surface area (TPSA) is 29.9 Å². The molecule has 18 heavy (non-hydrogen) atoms. The van der Waals surface area contributed by atoms with Gasteiger partial charge in [-0.1, -0.05) is 20.8 Å². The van der Waals surface area contributed by atoms with E-state index in [0.29, 0.717) is 6.04 Å². The first-order chi connectivity index (χ1) is 8.48. The second-order valence-electron chi connectivity index (χ2n) is 5.75. The van der Waals surface area contributed by atoms with Crippen LogP contribution in [-0.4, -0.2) is 22.2 Å². The third-order valence-electron chi connectivity index (χ3n) is 3.39. The van der Waals surface area contributed by atoms with E-state index in [4.69, 9.17) is 11.6 Å². The van der Waals surface area contributed by atoms with Crippen LogP contribution in [0.25, 0.3) is 0 Å². The molecule has 0 saturated carbocycles. The van der Waals surface area contributed by atoms with Gasteiger partial charge in [0.05, 0.1) is 5.69 Å². The number of hydrogen-bond donors (Lipinski definition) is 1. The molecule has 0 bridgehead atoms. The number of nitrogens with one attached hydrogen (secondary N) is 1. The summed E-state index contributed by atoms with van der Waals surface area (Å²) in [5.41, 5.74) is 1.36. The fraction of sp³-hybridized carbons (Fsp3) is 0.786. The van der Waals surface area contributed by atoms with Gasteiger partial charge in [-0.3, -0.25) is 4.68 Å². The molecule has 1 unspecified atom stereocenters. The molecule has 1 aromatic heterocycles. The first kappa shape index (κ1) is 15.5. The van der Waals surface area contributed by atoms with Crippen molar-refractivity contribution in [2.24, 2.45) is 5.41 Å². The van der Waals surface area contributed by atoms with Gasteiger partial charge >= 0.3 is 0 Å². The number of rotatable bonds is 8. The Morgan fingerprint density at radius 3 is 2.83 bits per heavy atom. The molecule has 0 radical (unpaired) electrons. The number of alkyl halides is 1. The van der Waals surface area contributed by atoms with Crippen molar-refractivity contribution < 1.29 is 0 Å². The Morgan fingerprint density at radius 1 is 1.50 bits per heavy atom. The van der Waals surface area contributed by atoms with Gasteiger partial charge in [0.2, 0.25) is 0 Å². The predicted octanol–water partition coefficient (Wildman–Crippen LogP) is 3.60. The molecule has 1 atom stereocenters. The van der Waals surface area contributed by atoms with Crippen molar-refractivity contribution in [3.63, 3.8) is 0 Å². The van der Waals surface area contributed by atoms with E-state index in [2.05, 4.69) is 50.4 Å². The molecule has 104 valence electrons. The van der Waals surface area contributed by atoms with E-state index < -0.39 is 0 Å². The number of hydrogen-bond acceptors (Lipinski definition) is 2. The standard InChI is InChI=1S/C14H26ClN3/c1-5-12(2)18-9-6-13(17-18)10-16-11-14(3,4)7-8-15/h6,9,12,16H,5,7-8,10-11H2,1-4H3. The van der Waals surface area contributed by atoms with Crippen LogP contribution in [0, 0.1) is 5.41 Å². The molecular weight excluding hydrogens is 246 g/mol. The van der Waals surface area contributed by atoms with Crippen molar-refractivity contribution in [1.29, 1.82) is 0 Å². The number of aromatic nitrogens is 2. The maximum absolute atomic E-state index is 5.79. The fourth-order valence-corrected chi connectivity index (χ4v) is 2.29. The van der Waals surface area contributed by atoms with E-state index in [1.54, 1.807) is 0 Å². The zero-order chi connectivity index (χ0) is 13.6. The van der Waals surface area contributed by atoms with Gasteiger partial charge in [0.15, 0.2) is 0 Å². The van der Waals surface area contributed by atoms with Gasteiger partial charge in [-0.15, -0.1) is 11.6 Å². The van der Waals surface area contributed by atoms with Gasteiger partial charge in [0.1, 0.15) is 0 Å². The van der Waals surface area contributed by atoms with E-state index in [1.807, 2.05) is 4.68 Å². The molecule has 1 rings (SSSR count). The van der Waals surface area contributed by atoms with Crippen molar-refractivity contribution in [2.45, 2.75) is 53.1 Å². The third-order valence-corrected chi connectivity index (χ3v) is 3.58. The molecule has 0 fully saturated rings. The summed E-state index contributed by atoms with van der Waals surface area (Å²) in [5, 5.41) is 8.04. The van der Waals surface area contributed by atoms with Crippen LogP contribution in [0.3, 0.4) is 0 Å². The Kier molecular flexibility index (Phi) is 6.16. The largest absolute Gasteiger partial charge is 0.311 e. The highest BCUT2D eigenvalue weighted by atomic mass is 35.5. The molecule has 0 spiro atoms. The van der Waals surface area contributed by atoms with Crippen LogP contribution >= 0.6 is 11.6 Å². The minimum absolute atomic E-state index is 0.251. The summed E-state index contributed by atoms with van der Waals surface area (Å²) in [6, 6.07) is 2.57. The third kappa shape index (κ3) is 4.99. The van der Waals surface area contributed by atoms with Crippen molar-refractivity contribution in [3.05, 3.63) is 18.0 Å². The van der Waals surface area contributed by atoms with Crippen molar-refractivity contribution >= 4 is 11.6 Å². The molecule has 4 heteroatoms. The molecule has 0 aromatic carbocycles. The highest BCUT2D eigenvalue weighted by Crippen LogP contribution is 2.19. The monoisotopic (exact) mass is 271 g/mol. The van der Waals surface area contributed by atoms with Gasteiger partial charge in [-0.2, -0.15) is 5.10 Å². The molecule has 0 saturated heterocycles. The van der Waals surface area contributed by atoms with Crippen molar-refractivity contribution in [1.82, 2.24) is 15.1 Å². The zero-order valence-corrected chi connectivity index (χ0v) is 12.8. The number of halogens is 1. The van der Waals surface area contributed by atoms with E-state index in [9.17, 15) is 0 Å². The second-order valence-corrected chi connectivity index (χ2v) is 6.13. The Labute approximate surface area is 116 Å². The minimum Gasteiger partial charge on any atom is -0.311 e. The molecular formula is C14H26ClN3. The lowest BCUT2D eigenvalue weighted by Crippen LogP contribution is -2.29. The van der Waals surface area contributed by atoms with E-state index in [-0.39, 0.29) is 5.41 Å². The highest BCUT2D eigenvalue weighted by molar-refractivity contribution is 6.17. The summed E-state index contributed by atoms with van der Waals surface area (Å²) in [5.74, 6) is 0.720. The Bertz CT molecular complexity index is 347. The van der Waals surface area contributed by atoms with Crippen LogP contribution in [0.2, 0.25) is 0 Å². The van der Waals surface area contributed by atoms with E-state index in [1.165, 1.54) is 0 Å². The lowest BCUT2D eigenvalue weighted by Gasteiger charge is -2.23. The van der Waals surface area contributed by atoms with Crippen molar-refractivity contribution in [2.75, 3.05) is 12.4 Å². The lowest BCUT2D eigenvalue weighted by molar-refractivity contribution is 0.328. The van der Waals surface area contributed by atoms with E-state index in [0.717, 1.165) is 37.5 Å². The smallest absolute Gasteiger partial charge is 0.0762 e. The average molecular weight is 272 g/mol. The highest BCUT2D eigenvalue weighted by Gasteiger charge is 2.16. The molecule has 0 aliphatic heterocycles. The Balaban J connectivity index is 2.38. The van der Waals surface area contributed by atoms with Gasteiger partial charge in [-0.05, 0) is 31.2 Å². The van der Waals surface area contributed by atoms with Gasteiger partial charge in [0, 0.05) is 31.2 Å². The summed E-state index contributed by atoms with van der Waals surface area (Å²) in [6.45, 7) is 10.6. The molecule has 1 aromatic rings. The maximum Gasteiger partial charge on any atom is 0.0762 e. The van der Waals surface area contributed by atoms with Crippen LogP contribution in [0.15, 0.2) is 12.3 Å². The Hall–Kier alpha value is -0.540. The zero-order valence-electron chi connectivity index (χ0n) is 12.0. The second kappa shape index (κ2) is 7.15. The van der Waals surface area contributed by atoms with Gasteiger partial charge < -0.3 is 5.32 Å². The number of nitrogens with zero attached hydrogens (tertiary/aromatic N) is 2. The van der Waals surface area contributed by atoms with Gasteiger partial charge in [0.25, 0.3) is 0 Å². The van der Waals surface area contributed by atoms with Crippen LogP contribution in [0.5, 0.6) is 0 Å². The minimum atomic E-state index is 0.251. The summed E-state index contributed by atoms with van der Waals surface area (Å²) >= 11 is 5.79. The normalized spacial score (nSPS) is 13.8. The molecule has 0 aliphatic rings. The first-order valence-corrected chi connectivity index (χ1v) is 7.32. The first-order valence-electron chi connectivity index (χ1n) is 6.79. The summed E-state index contributed by atoms with van der Waals surface area (Å²) in [4.78, 5) is 0. The Morgan fingerprint density at radius 2 is 2.22 bits per heavy atom. The molecule has 1 N–H and O–H groups in total. The van der Waals surface area contributed by atoms with Crippen LogP contribution in [0.1, 0.15) is 52.3 Å². The van der Waals surface area contributed by atoms with Crippen LogP contribution in [-0.2, 0) is 6.54 Å². The molecule has 1 heterocycles. The van der Waals surface area contributed by atoms with Crippen LogP contribution < -0.4 is 5.32 Å². The fourth-order valence-electron chi connectivity index (χ4n) is 1.78. The lowest BCUT2D eigenvalue weighted by atomic mass is 9.90. The van der Waals surface area contributed by atoms with E-state index >= 15 is 0 Å². The summed E-state index contributed by atoms with van der Waals surface area (Å²) in [7, 11) is 0.